The van der Waals surface area contributed by atoms with Crippen LogP contribution in [0.4, 0.5) is 10.1 Å². The van der Waals surface area contributed by atoms with Gasteiger partial charge in [0, 0.05) is 25.3 Å². The third-order valence-electron chi connectivity index (χ3n) is 2.75. The van der Waals surface area contributed by atoms with E-state index < -0.39 is 6.10 Å². The van der Waals surface area contributed by atoms with Gasteiger partial charge in [0.05, 0.1) is 11.8 Å². The maximum Gasteiger partial charge on any atom is 0.146 e. The Bertz CT molecular complexity index is 355. The predicted octanol–water partition coefficient (Wildman–Crippen LogP) is 2.09. The van der Waals surface area contributed by atoms with Crippen molar-refractivity contribution in [1.82, 2.24) is 0 Å². The summed E-state index contributed by atoms with van der Waals surface area (Å²) in [6.07, 6.45) is -0.120. The Labute approximate surface area is 101 Å². The molecule has 0 aliphatic carbocycles. The molecule has 4 heteroatoms. The summed E-state index contributed by atoms with van der Waals surface area (Å²) in [4.78, 5) is 1.84. The smallest absolute Gasteiger partial charge is 0.146 e. The molecular weight excluding hydrogens is 221 g/mol. The van der Waals surface area contributed by atoms with Crippen LogP contribution in [0.25, 0.3) is 0 Å². The van der Waals surface area contributed by atoms with Crippen molar-refractivity contribution in [2.45, 2.75) is 26.4 Å². The minimum atomic E-state index is -0.705. The van der Waals surface area contributed by atoms with Crippen LogP contribution in [0.3, 0.4) is 0 Å². The highest BCUT2D eigenvalue weighted by Gasteiger charge is 2.17. The second-order valence-electron chi connectivity index (χ2n) is 4.01. The Kier molecular flexibility index (Phi) is 5.38. The molecule has 96 valence electrons. The fourth-order valence-corrected chi connectivity index (χ4v) is 1.89. The first-order valence-electron chi connectivity index (χ1n) is 5.94. The molecule has 0 aliphatic heterocycles. The maximum absolute atomic E-state index is 13.9. The second-order valence-corrected chi connectivity index (χ2v) is 4.01. The van der Waals surface area contributed by atoms with E-state index in [4.69, 9.17) is 5.11 Å². The van der Waals surface area contributed by atoms with Gasteiger partial charge < -0.3 is 15.1 Å². The molecule has 1 aromatic carbocycles. The van der Waals surface area contributed by atoms with Crippen LogP contribution in [0.5, 0.6) is 0 Å². The van der Waals surface area contributed by atoms with E-state index >= 15 is 0 Å². The fourth-order valence-electron chi connectivity index (χ4n) is 1.89. The van der Waals surface area contributed by atoms with Crippen LogP contribution in [0.15, 0.2) is 18.2 Å². The lowest BCUT2D eigenvalue weighted by molar-refractivity contribution is 0.199. The summed E-state index contributed by atoms with van der Waals surface area (Å²) in [5.41, 5.74) is 1.03. The van der Waals surface area contributed by atoms with Gasteiger partial charge in [-0.3, -0.25) is 0 Å². The summed E-state index contributed by atoms with van der Waals surface area (Å²) in [7, 11) is 0. The number of halogens is 1. The lowest BCUT2D eigenvalue weighted by Gasteiger charge is -2.26. The summed E-state index contributed by atoms with van der Waals surface area (Å²) < 4.78 is 13.9. The standard InChI is InChI=1S/C13H20FNO2/c1-3-15(8-5-9-16)13-11(10(2)17)6-4-7-12(13)14/h4,6-7,10,16-17H,3,5,8-9H2,1-2H3/t10-/m0/s1. The predicted molar refractivity (Wildman–Crippen MR) is 66.6 cm³/mol. The number of hydrogen-bond donors (Lipinski definition) is 2. The van der Waals surface area contributed by atoms with E-state index in [1.165, 1.54) is 6.07 Å². The second kappa shape index (κ2) is 6.57. The molecule has 1 aromatic rings. The van der Waals surface area contributed by atoms with Crippen molar-refractivity contribution in [1.29, 1.82) is 0 Å². The van der Waals surface area contributed by atoms with Gasteiger partial charge in [-0.15, -0.1) is 0 Å². The highest BCUT2D eigenvalue weighted by Crippen LogP contribution is 2.29. The molecule has 0 unspecified atom stereocenters. The van der Waals surface area contributed by atoms with Crippen molar-refractivity contribution in [3.8, 4) is 0 Å². The van der Waals surface area contributed by atoms with Crippen molar-refractivity contribution < 1.29 is 14.6 Å². The highest BCUT2D eigenvalue weighted by atomic mass is 19.1. The average Bonchev–Trinajstić information content (AvgIpc) is 2.31. The van der Waals surface area contributed by atoms with E-state index in [9.17, 15) is 9.50 Å². The van der Waals surface area contributed by atoms with Crippen LogP contribution in [0, 0.1) is 5.82 Å². The number of para-hydroxylation sites is 1. The Morgan fingerprint density at radius 2 is 2.12 bits per heavy atom. The number of benzene rings is 1. The van der Waals surface area contributed by atoms with Crippen molar-refractivity contribution in [2.75, 3.05) is 24.6 Å². The first-order valence-corrected chi connectivity index (χ1v) is 5.94. The van der Waals surface area contributed by atoms with Crippen molar-refractivity contribution in [3.05, 3.63) is 29.6 Å². The maximum atomic E-state index is 13.9. The third kappa shape index (κ3) is 3.41. The topological polar surface area (TPSA) is 43.7 Å². The van der Waals surface area contributed by atoms with Gasteiger partial charge in [0.25, 0.3) is 0 Å². The van der Waals surface area contributed by atoms with Gasteiger partial charge in [-0.2, -0.15) is 0 Å². The minimum Gasteiger partial charge on any atom is -0.396 e. The number of aliphatic hydroxyl groups excluding tert-OH is 2. The molecule has 0 aliphatic rings. The van der Waals surface area contributed by atoms with Crippen LogP contribution in [0.2, 0.25) is 0 Å². The Hall–Kier alpha value is -1.13. The molecule has 0 spiro atoms. The Morgan fingerprint density at radius 1 is 1.41 bits per heavy atom. The highest BCUT2D eigenvalue weighted by molar-refractivity contribution is 5.55. The van der Waals surface area contributed by atoms with E-state index in [1.807, 2.05) is 11.8 Å². The molecule has 0 aromatic heterocycles. The molecule has 1 atom stereocenters. The summed E-state index contributed by atoms with van der Waals surface area (Å²) >= 11 is 0. The molecule has 0 fully saturated rings. The molecule has 0 heterocycles. The van der Waals surface area contributed by atoms with Gasteiger partial charge in [0.2, 0.25) is 0 Å². The SMILES string of the molecule is CCN(CCCO)c1c(F)cccc1[C@H](C)O. The molecule has 0 saturated carbocycles. The minimum absolute atomic E-state index is 0.0783. The number of anilines is 1. The van der Waals surface area contributed by atoms with Crippen molar-refractivity contribution in [3.63, 3.8) is 0 Å². The molecule has 17 heavy (non-hydrogen) atoms. The first kappa shape index (κ1) is 13.9. The van der Waals surface area contributed by atoms with Gasteiger partial charge in [0.15, 0.2) is 0 Å². The lowest BCUT2D eigenvalue weighted by Crippen LogP contribution is -2.27. The molecule has 0 saturated heterocycles. The average molecular weight is 241 g/mol. The largest absolute Gasteiger partial charge is 0.396 e. The van der Waals surface area contributed by atoms with Gasteiger partial charge in [-0.05, 0) is 26.3 Å². The third-order valence-corrected chi connectivity index (χ3v) is 2.75. The Balaban J connectivity index is 3.07. The van der Waals surface area contributed by atoms with Gasteiger partial charge in [-0.25, -0.2) is 4.39 Å². The van der Waals surface area contributed by atoms with E-state index in [0.717, 1.165) is 0 Å². The molecule has 0 amide bonds. The number of nitrogens with zero attached hydrogens (tertiary/aromatic N) is 1. The molecule has 0 bridgehead atoms. The van der Waals surface area contributed by atoms with Crippen molar-refractivity contribution in [2.24, 2.45) is 0 Å². The van der Waals surface area contributed by atoms with Crippen LogP contribution >= 0.6 is 0 Å². The summed E-state index contributed by atoms with van der Waals surface area (Å²) in [5, 5.41) is 18.5. The summed E-state index contributed by atoms with van der Waals surface area (Å²) in [6.45, 7) is 4.84. The van der Waals surface area contributed by atoms with Gasteiger partial charge >= 0.3 is 0 Å². The van der Waals surface area contributed by atoms with Crippen LogP contribution in [-0.2, 0) is 0 Å². The van der Waals surface area contributed by atoms with Gasteiger partial charge in [0.1, 0.15) is 5.82 Å². The quantitative estimate of drug-likeness (QED) is 0.801. The van der Waals surface area contributed by atoms with E-state index in [1.54, 1.807) is 19.1 Å². The lowest BCUT2D eigenvalue weighted by atomic mass is 10.1. The van der Waals surface area contributed by atoms with E-state index in [-0.39, 0.29) is 12.4 Å². The summed E-state index contributed by atoms with van der Waals surface area (Å²) in [6, 6.07) is 4.72. The van der Waals surface area contributed by atoms with Crippen molar-refractivity contribution >= 4 is 5.69 Å². The fraction of sp³-hybridized carbons (Fsp3) is 0.538. The molecule has 2 N–H and O–H groups in total. The molecule has 0 radical (unpaired) electrons. The van der Waals surface area contributed by atoms with E-state index in [2.05, 4.69) is 0 Å². The zero-order chi connectivity index (χ0) is 12.8. The molecule has 1 rings (SSSR count). The monoisotopic (exact) mass is 241 g/mol. The first-order chi connectivity index (χ1) is 8.11. The number of rotatable bonds is 6. The number of hydrogen-bond acceptors (Lipinski definition) is 3. The normalized spacial score (nSPS) is 12.5. The van der Waals surface area contributed by atoms with Crippen LogP contribution < -0.4 is 4.90 Å². The zero-order valence-electron chi connectivity index (χ0n) is 10.4. The molecule has 3 nitrogen and oxygen atoms in total. The van der Waals surface area contributed by atoms with Crippen LogP contribution in [0.1, 0.15) is 31.9 Å². The summed E-state index contributed by atoms with van der Waals surface area (Å²) in [5.74, 6) is -0.330. The van der Waals surface area contributed by atoms with E-state index in [0.29, 0.717) is 30.8 Å². The zero-order valence-corrected chi connectivity index (χ0v) is 10.4. The van der Waals surface area contributed by atoms with Gasteiger partial charge in [-0.1, -0.05) is 12.1 Å². The number of aliphatic hydroxyl groups is 2. The van der Waals surface area contributed by atoms with Crippen LogP contribution in [-0.4, -0.2) is 29.9 Å². The molecular formula is C13H20FNO2. The Morgan fingerprint density at radius 3 is 2.65 bits per heavy atom.